The number of carbonyl (C=O) groups is 1. The number of rotatable bonds is 6. The molecule has 4 rings (SSSR count). The molecule has 1 aliphatic carbocycles. The third kappa shape index (κ3) is 3.61. The van der Waals surface area contributed by atoms with Crippen LogP contribution in [0.2, 0.25) is 0 Å². The maximum atomic E-state index is 12.3. The van der Waals surface area contributed by atoms with Gasteiger partial charge in [-0.05, 0) is 24.3 Å². The van der Waals surface area contributed by atoms with Crippen molar-refractivity contribution in [3.63, 3.8) is 0 Å². The molecule has 0 spiro atoms. The first-order valence-corrected chi connectivity index (χ1v) is 9.44. The molecule has 27 heavy (non-hydrogen) atoms. The smallest absolute Gasteiger partial charge is 0.328 e. The molecule has 0 aromatic carbocycles. The number of carbonyl (C=O) groups excluding carboxylic acids is 1. The second kappa shape index (κ2) is 6.95. The number of hydrogen-bond acceptors (Lipinski definition) is 6. The fraction of sp³-hybridized carbons (Fsp3) is 0.353. The summed E-state index contributed by atoms with van der Waals surface area (Å²) in [4.78, 5) is 55.3. The quantitative estimate of drug-likeness (QED) is 0.617. The van der Waals surface area contributed by atoms with Gasteiger partial charge in [0.25, 0.3) is 11.1 Å². The number of hydrogen-bond donors (Lipinski definition) is 2. The first-order valence-electron chi connectivity index (χ1n) is 8.56. The van der Waals surface area contributed by atoms with E-state index in [2.05, 4.69) is 15.3 Å². The van der Waals surface area contributed by atoms with Crippen LogP contribution in [0.25, 0.3) is 10.2 Å². The normalized spacial score (nSPS) is 13.8. The van der Waals surface area contributed by atoms with Crippen LogP contribution in [0.15, 0.2) is 38.2 Å². The van der Waals surface area contributed by atoms with Crippen LogP contribution in [-0.4, -0.2) is 31.6 Å². The monoisotopic (exact) mass is 387 g/mol. The fourth-order valence-electron chi connectivity index (χ4n) is 2.85. The molecule has 140 valence electrons. The first kappa shape index (κ1) is 17.4. The van der Waals surface area contributed by atoms with E-state index in [4.69, 9.17) is 0 Å². The summed E-state index contributed by atoms with van der Waals surface area (Å²) in [7, 11) is 0. The van der Waals surface area contributed by atoms with Crippen molar-refractivity contribution in [2.45, 2.75) is 31.8 Å². The van der Waals surface area contributed by atoms with Crippen LogP contribution in [0.4, 0.5) is 0 Å². The molecule has 3 aromatic heterocycles. The summed E-state index contributed by atoms with van der Waals surface area (Å²) in [6, 6.07) is 3.15. The Bertz CT molecular complexity index is 1180. The number of aromatic nitrogens is 4. The number of amides is 1. The van der Waals surface area contributed by atoms with E-state index in [-0.39, 0.29) is 36.7 Å². The molecule has 0 bridgehead atoms. The summed E-state index contributed by atoms with van der Waals surface area (Å²) in [6.45, 7) is -0.0193. The van der Waals surface area contributed by atoms with Crippen LogP contribution in [0.3, 0.4) is 0 Å². The van der Waals surface area contributed by atoms with Gasteiger partial charge in [-0.25, -0.2) is 9.78 Å². The zero-order chi connectivity index (χ0) is 19.0. The molecule has 10 heteroatoms. The second-order valence-corrected chi connectivity index (χ2v) is 7.37. The van der Waals surface area contributed by atoms with Gasteiger partial charge >= 0.3 is 5.69 Å². The molecule has 1 saturated carbocycles. The Labute approximate surface area is 156 Å². The lowest BCUT2D eigenvalue weighted by molar-refractivity contribution is -0.121. The van der Waals surface area contributed by atoms with Crippen LogP contribution in [-0.2, 0) is 17.9 Å². The third-order valence-corrected chi connectivity index (χ3v) is 5.36. The molecule has 1 amide bonds. The van der Waals surface area contributed by atoms with Gasteiger partial charge in [0.1, 0.15) is 11.2 Å². The SMILES string of the molecule is O=C(Cn1cnc(C2CC2)cc1=O)NCCn1c(=O)[nH]c2ccsc2c1=O. The largest absolute Gasteiger partial charge is 0.353 e. The maximum absolute atomic E-state index is 12.3. The summed E-state index contributed by atoms with van der Waals surface area (Å²) < 4.78 is 2.75. The van der Waals surface area contributed by atoms with Gasteiger partial charge < -0.3 is 10.3 Å². The molecule has 0 aliphatic heterocycles. The number of fused-ring (bicyclic) bond motifs is 1. The van der Waals surface area contributed by atoms with E-state index in [1.807, 2.05) is 0 Å². The van der Waals surface area contributed by atoms with Gasteiger partial charge in [-0.15, -0.1) is 11.3 Å². The van der Waals surface area contributed by atoms with Gasteiger partial charge in [-0.2, -0.15) is 0 Å². The minimum absolute atomic E-state index is 0.0432. The van der Waals surface area contributed by atoms with E-state index < -0.39 is 5.69 Å². The zero-order valence-corrected chi connectivity index (χ0v) is 15.1. The highest BCUT2D eigenvalue weighted by atomic mass is 32.1. The molecular formula is C17H17N5O4S. The Morgan fingerprint density at radius 3 is 2.89 bits per heavy atom. The van der Waals surface area contributed by atoms with Crippen molar-refractivity contribution in [2.75, 3.05) is 6.54 Å². The molecule has 9 nitrogen and oxygen atoms in total. The molecule has 0 saturated heterocycles. The Morgan fingerprint density at radius 2 is 2.15 bits per heavy atom. The summed E-state index contributed by atoms with van der Waals surface area (Å²) in [5, 5.41) is 4.35. The van der Waals surface area contributed by atoms with E-state index in [0.717, 1.165) is 23.1 Å². The van der Waals surface area contributed by atoms with E-state index in [1.54, 1.807) is 11.4 Å². The van der Waals surface area contributed by atoms with Crippen molar-refractivity contribution in [1.82, 2.24) is 24.4 Å². The van der Waals surface area contributed by atoms with Gasteiger partial charge in [0.15, 0.2) is 0 Å². The molecule has 0 radical (unpaired) electrons. The molecular weight excluding hydrogens is 370 g/mol. The Hall–Kier alpha value is -3.01. The molecule has 3 aromatic rings. The Morgan fingerprint density at radius 1 is 1.33 bits per heavy atom. The van der Waals surface area contributed by atoms with Crippen molar-refractivity contribution in [3.8, 4) is 0 Å². The van der Waals surface area contributed by atoms with Gasteiger partial charge in [0.05, 0.1) is 17.5 Å². The highest BCUT2D eigenvalue weighted by Crippen LogP contribution is 2.38. The van der Waals surface area contributed by atoms with Crippen molar-refractivity contribution in [2.24, 2.45) is 0 Å². The van der Waals surface area contributed by atoms with Gasteiger partial charge in [-0.1, -0.05) is 0 Å². The van der Waals surface area contributed by atoms with Crippen molar-refractivity contribution >= 4 is 27.5 Å². The topological polar surface area (TPSA) is 119 Å². The van der Waals surface area contributed by atoms with Crippen LogP contribution in [0.1, 0.15) is 24.5 Å². The first-order chi connectivity index (χ1) is 13.0. The van der Waals surface area contributed by atoms with Crippen LogP contribution in [0.5, 0.6) is 0 Å². The van der Waals surface area contributed by atoms with Crippen LogP contribution in [0, 0.1) is 0 Å². The molecule has 1 aliphatic rings. The minimum Gasteiger partial charge on any atom is -0.353 e. The van der Waals surface area contributed by atoms with E-state index in [0.29, 0.717) is 16.1 Å². The summed E-state index contributed by atoms with van der Waals surface area (Å²) in [5.41, 5.74) is 0.124. The zero-order valence-electron chi connectivity index (χ0n) is 14.3. The average Bonchev–Trinajstić information content (AvgIpc) is 3.38. The van der Waals surface area contributed by atoms with Gasteiger partial charge in [0.2, 0.25) is 5.91 Å². The van der Waals surface area contributed by atoms with Crippen molar-refractivity contribution in [3.05, 3.63) is 60.7 Å². The Balaban J connectivity index is 1.38. The van der Waals surface area contributed by atoms with Crippen molar-refractivity contribution < 1.29 is 4.79 Å². The summed E-state index contributed by atoms with van der Waals surface area (Å²) in [6.07, 6.45) is 3.48. The summed E-state index contributed by atoms with van der Waals surface area (Å²) in [5.74, 6) is -0.0157. The third-order valence-electron chi connectivity index (χ3n) is 4.46. The molecule has 3 heterocycles. The predicted molar refractivity (Wildman–Crippen MR) is 100 cm³/mol. The number of thiophene rings is 1. The Kier molecular flexibility index (Phi) is 4.48. The highest BCUT2D eigenvalue weighted by Gasteiger charge is 2.25. The van der Waals surface area contributed by atoms with Crippen LogP contribution >= 0.6 is 11.3 Å². The van der Waals surface area contributed by atoms with Gasteiger partial charge in [-0.3, -0.25) is 23.5 Å². The minimum atomic E-state index is -0.517. The number of nitrogens with one attached hydrogen (secondary N) is 2. The van der Waals surface area contributed by atoms with Crippen LogP contribution < -0.4 is 22.1 Å². The van der Waals surface area contributed by atoms with Gasteiger partial charge in [0, 0.05) is 25.1 Å². The predicted octanol–water partition coefficient (Wildman–Crippen LogP) is 0.00180. The number of aromatic amines is 1. The molecule has 0 atom stereocenters. The second-order valence-electron chi connectivity index (χ2n) is 6.45. The fourth-order valence-corrected chi connectivity index (χ4v) is 3.65. The number of nitrogens with zero attached hydrogens (tertiary/aromatic N) is 3. The summed E-state index contributed by atoms with van der Waals surface area (Å²) >= 11 is 1.25. The lowest BCUT2D eigenvalue weighted by atomic mass is 10.3. The maximum Gasteiger partial charge on any atom is 0.328 e. The molecule has 1 fully saturated rings. The van der Waals surface area contributed by atoms with Crippen molar-refractivity contribution in [1.29, 1.82) is 0 Å². The van der Waals surface area contributed by atoms with E-state index >= 15 is 0 Å². The highest BCUT2D eigenvalue weighted by molar-refractivity contribution is 7.17. The standard InChI is InChI=1S/C17H17N5O4S/c23-13(8-21-9-19-12(7-14(21)24)10-1-2-10)18-4-5-22-16(25)15-11(3-6-27-15)20-17(22)26/h3,6-7,9-10H,1-2,4-5,8H2,(H,18,23)(H,20,26). The van der Waals surface area contributed by atoms with E-state index in [9.17, 15) is 19.2 Å². The average molecular weight is 387 g/mol. The number of H-pyrrole nitrogens is 1. The lowest BCUT2D eigenvalue weighted by Crippen LogP contribution is -2.40. The van der Waals surface area contributed by atoms with E-state index in [1.165, 1.54) is 28.3 Å². The molecule has 0 unspecified atom stereocenters. The molecule has 2 N–H and O–H groups in total. The lowest BCUT2D eigenvalue weighted by Gasteiger charge is -2.08.